The van der Waals surface area contributed by atoms with E-state index in [0.29, 0.717) is 0 Å². The lowest BCUT2D eigenvalue weighted by Crippen LogP contribution is -2.24. The summed E-state index contributed by atoms with van der Waals surface area (Å²) in [5, 5.41) is 10.2. The molecule has 1 unspecified atom stereocenters. The van der Waals surface area contributed by atoms with Gasteiger partial charge in [-0.15, -0.1) is 0 Å². The van der Waals surface area contributed by atoms with Crippen molar-refractivity contribution in [1.82, 2.24) is 20.5 Å². The van der Waals surface area contributed by atoms with Gasteiger partial charge in [-0.05, 0) is 24.6 Å². The normalized spacial score (nSPS) is 12.6. The Morgan fingerprint density at radius 2 is 2.24 bits per heavy atom. The number of aromatic nitrogens is 3. The Kier molecular flexibility index (Phi) is 4.28. The maximum absolute atomic E-state index is 4.22. The van der Waals surface area contributed by atoms with Gasteiger partial charge in [0.2, 0.25) is 0 Å². The van der Waals surface area contributed by atoms with Crippen molar-refractivity contribution in [3.05, 3.63) is 46.5 Å². The second-order valence-corrected chi connectivity index (χ2v) is 4.63. The van der Waals surface area contributed by atoms with E-state index in [0.717, 1.165) is 23.3 Å². The van der Waals surface area contributed by atoms with Gasteiger partial charge in [-0.2, -0.15) is 5.10 Å². The first-order valence-electron chi connectivity index (χ1n) is 5.63. The monoisotopic (exact) mass is 294 g/mol. The van der Waals surface area contributed by atoms with Gasteiger partial charge in [0, 0.05) is 4.47 Å². The van der Waals surface area contributed by atoms with E-state index in [1.54, 1.807) is 6.33 Å². The molecule has 5 heteroatoms. The number of hydrogen-bond donors (Lipinski definition) is 2. The summed E-state index contributed by atoms with van der Waals surface area (Å²) in [6.45, 7) is 2.99. The fourth-order valence-electron chi connectivity index (χ4n) is 1.78. The lowest BCUT2D eigenvalue weighted by Gasteiger charge is -2.15. The fourth-order valence-corrected chi connectivity index (χ4v) is 2.23. The summed E-state index contributed by atoms with van der Waals surface area (Å²) in [6, 6.07) is 8.40. The predicted molar refractivity (Wildman–Crippen MR) is 70.6 cm³/mol. The van der Waals surface area contributed by atoms with Crippen LogP contribution in [0.25, 0.3) is 0 Å². The molecule has 90 valence electrons. The zero-order valence-electron chi connectivity index (χ0n) is 9.65. The molecule has 0 bridgehead atoms. The number of aromatic amines is 1. The van der Waals surface area contributed by atoms with Crippen LogP contribution in [0.5, 0.6) is 0 Å². The molecule has 2 N–H and O–H groups in total. The van der Waals surface area contributed by atoms with E-state index in [2.05, 4.69) is 55.5 Å². The Labute approximate surface area is 109 Å². The number of likely N-dealkylation sites (N-methyl/N-ethyl adjacent to an activating group) is 1. The van der Waals surface area contributed by atoms with Crippen molar-refractivity contribution >= 4 is 15.9 Å². The third-order valence-corrected chi connectivity index (χ3v) is 3.37. The highest BCUT2D eigenvalue weighted by Gasteiger charge is 2.14. The van der Waals surface area contributed by atoms with Gasteiger partial charge in [-0.25, -0.2) is 4.98 Å². The van der Waals surface area contributed by atoms with Crippen LogP contribution in [0, 0.1) is 0 Å². The Hall–Kier alpha value is -1.20. The molecule has 0 saturated carbocycles. The van der Waals surface area contributed by atoms with Gasteiger partial charge in [0.1, 0.15) is 12.2 Å². The highest BCUT2D eigenvalue weighted by molar-refractivity contribution is 9.10. The summed E-state index contributed by atoms with van der Waals surface area (Å²) in [5.74, 6) is 0.877. The van der Waals surface area contributed by atoms with Crippen LogP contribution in [-0.4, -0.2) is 21.7 Å². The molecule has 0 radical (unpaired) electrons. The van der Waals surface area contributed by atoms with E-state index in [-0.39, 0.29) is 6.04 Å². The molecule has 1 atom stereocenters. The molecule has 0 fully saturated rings. The fraction of sp³-hybridized carbons (Fsp3) is 0.333. The Balaban J connectivity index is 2.16. The third-order valence-electron chi connectivity index (χ3n) is 2.60. The maximum atomic E-state index is 4.22. The largest absolute Gasteiger partial charge is 0.307 e. The third kappa shape index (κ3) is 3.14. The van der Waals surface area contributed by atoms with E-state index >= 15 is 0 Å². The minimum atomic E-state index is 0.168. The summed E-state index contributed by atoms with van der Waals surface area (Å²) in [6.07, 6.45) is 2.42. The Morgan fingerprint density at radius 3 is 2.88 bits per heavy atom. The minimum Gasteiger partial charge on any atom is -0.307 e. The molecule has 1 heterocycles. The number of H-pyrrole nitrogens is 1. The van der Waals surface area contributed by atoms with Crippen molar-refractivity contribution in [1.29, 1.82) is 0 Å². The maximum Gasteiger partial charge on any atom is 0.141 e. The van der Waals surface area contributed by atoms with Crippen LogP contribution < -0.4 is 5.32 Å². The second-order valence-electron chi connectivity index (χ2n) is 3.78. The van der Waals surface area contributed by atoms with Gasteiger partial charge in [-0.3, -0.25) is 5.10 Å². The van der Waals surface area contributed by atoms with Crippen LogP contribution in [0.1, 0.15) is 24.4 Å². The lowest BCUT2D eigenvalue weighted by molar-refractivity contribution is 0.522. The molecule has 0 spiro atoms. The van der Waals surface area contributed by atoms with Gasteiger partial charge in [-0.1, -0.05) is 41.1 Å². The molecular formula is C12H15BrN4. The first-order chi connectivity index (χ1) is 8.31. The molecule has 4 nitrogen and oxygen atoms in total. The average Bonchev–Trinajstić information content (AvgIpc) is 2.85. The summed E-state index contributed by atoms with van der Waals surface area (Å²) in [4.78, 5) is 4.22. The van der Waals surface area contributed by atoms with Crippen LogP contribution in [-0.2, 0) is 6.42 Å². The number of nitrogens with zero attached hydrogens (tertiary/aromatic N) is 2. The Morgan fingerprint density at radius 1 is 1.41 bits per heavy atom. The van der Waals surface area contributed by atoms with Crippen LogP contribution in [0.15, 0.2) is 35.1 Å². The SMILES string of the molecule is CCNC(Cc1ccccc1Br)c1ncn[nH]1. The van der Waals surface area contributed by atoms with Gasteiger partial charge in [0.05, 0.1) is 6.04 Å². The molecule has 17 heavy (non-hydrogen) atoms. The number of nitrogens with one attached hydrogen (secondary N) is 2. The minimum absolute atomic E-state index is 0.168. The summed E-state index contributed by atoms with van der Waals surface area (Å²) >= 11 is 3.57. The highest BCUT2D eigenvalue weighted by atomic mass is 79.9. The standard InChI is InChI=1S/C12H15BrN4/c1-2-14-11(12-15-8-16-17-12)7-9-5-3-4-6-10(9)13/h3-6,8,11,14H,2,7H2,1H3,(H,15,16,17). The lowest BCUT2D eigenvalue weighted by atomic mass is 10.1. The smallest absolute Gasteiger partial charge is 0.141 e. The van der Waals surface area contributed by atoms with Gasteiger partial charge < -0.3 is 5.32 Å². The van der Waals surface area contributed by atoms with Crippen molar-refractivity contribution in [2.45, 2.75) is 19.4 Å². The molecule has 2 rings (SSSR count). The van der Waals surface area contributed by atoms with E-state index < -0.39 is 0 Å². The van der Waals surface area contributed by atoms with Crippen molar-refractivity contribution < 1.29 is 0 Å². The van der Waals surface area contributed by atoms with Crippen LogP contribution in [0.3, 0.4) is 0 Å². The van der Waals surface area contributed by atoms with Gasteiger partial charge >= 0.3 is 0 Å². The zero-order chi connectivity index (χ0) is 12.1. The van der Waals surface area contributed by atoms with Gasteiger partial charge in [0.15, 0.2) is 0 Å². The summed E-state index contributed by atoms with van der Waals surface area (Å²) in [5.41, 5.74) is 1.26. The van der Waals surface area contributed by atoms with Crippen LogP contribution in [0.2, 0.25) is 0 Å². The molecule has 0 aliphatic heterocycles. The summed E-state index contributed by atoms with van der Waals surface area (Å²) < 4.78 is 1.13. The van der Waals surface area contributed by atoms with Crippen LogP contribution in [0.4, 0.5) is 0 Å². The molecule has 0 aliphatic rings. The highest BCUT2D eigenvalue weighted by Crippen LogP contribution is 2.21. The molecule has 2 aromatic rings. The average molecular weight is 295 g/mol. The second kappa shape index (κ2) is 5.93. The topological polar surface area (TPSA) is 53.6 Å². The molecule has 1 aromatic carbocycles. The van der Waals surface area contributed by atoms with Crippen LogP contribution >= 0.6 is 15.9 Å². The number of rotatable bonds is 5. The van der Waals surface area contributed by atoms with E-state index in [4.69, 9.17) is 0 Å². The molecule has 0 amide bonds. The van der Waals surface area contributed by atoms with E-state index in [9.17, 15) is 0 Å². The number of benzene rings is 1. The predicted octanol–water partition coefficient (Wildman–Crippen LogP) is 2.46. The number of hydrogen-bond acceptors (Lipinski definition) is 3. The van der Waals surface area contributed by atoms with Crippen molar-refractivity contribution in [3.8, 4) is 0 Å². The zero-order valence-corrected chi connectivity index (χ0v) is 11.2. The quantitative estimate of drug-likeness (QED) is 0.891. The first kappa shape index (κ1) is 12.3. The van der Waals surface area contributed by atoms with Crippen molar-refractivity contribution in [3.63, 3.8) is 0 Å². The molecule has 0 saturated heterocycles. The molecular weight excluding hydrogens is 280 g/mol. The van der Waals surface area contributed by atoms with Crippen molar-refractivity contribution in [2.24, 2.45) is 0 Å². The first-order valence-corrected chi connectivity index (χ1v) is 6.42. The van der Waals surface area contributed by atoms with E-state index in [1.807, 2.05) is 12.1 Å². The number of halogens is 1. The van der Waals surface area contributed by atoms with Gasteiger partial charge in [0.25, 0.3) is 0 Å². The van der Waals surface area contributed by atoms with E-state index in [1.165, 1.54) is 5.56 Å². The summed E-state index contributed by atoms with van der Waals surface area (Å²) in [7, 11) is 0. The van der Waals surface area contributed by atoms with Crippen molar-refractivity contribution in [2.75, 3.05) is 6.54 Å². The molecule has 1 aromatic heterocycles. The Bertz CT molecular complexity index is 455. The molecule has 0 aliphatic carbocycles.